The second kappa shape index (κ2) is 9.82. The summed E-state index contributed by atoms with van der Waals surface area (Å²) in [6.45, 7) is 3.18. The van der Waals surface area contributed by atoms with Gasteiger partial charge >= 0.3 is 0 Å². The topological polar surface area (TPSA) is 72.8 Å². The van der Waals surface area contributed by atoms with Gasteiger partial charge in [0, 0.05) is 17.7 Å². The van der Waals surface area contributed by atoms with Crippen LogP contribution >= 0.6 is 23.1 Å². The van der Waals surface area contributed by atoms with Crippen molar-refractivity contribution in [3.05, 3.63) is 41.2 Å². The number of ether oxygens (including phenoxy) is 1. The maximum atomic E-state index is 13.1. The Balaban J connectivity index is 1.71. The van der Waals surface area contributed by atoms with E-state index in [9.17, 15) is 9.18 Å². The molecule has 1 N–H and O–H groups in total. The van der Waals surface area contributed by atoms with Crippen molar-refractivity contribution in [1.82, 2.24) is 4.98 Å². The second-order valence-corrected chi connectivity index (χ2v) is 8.12. The minimum absolute atomic E-state index is 0.159. The molecule has 9 heteroatoms. The fourth-order valence-corrected chi connectivity index (χ4v) is 3.63. The highest BCUT2D eigenvalue weighted by Gasteiger charge is 2.20. The van der Waals surface area contributed by atoms with E-state index < -0.39 is 11.0 Å². The molecule has 1 aromatic carbocycles. The lowest BCUT2D eigenvalue weighted by molar-refractivity contribution is -0.110. The molecule has 144 valence electrons. The lowest BCUT2D eigenvalue weighted by atomic mass is 10.1. The molecule has 0 radical (unpaired) electrons. The molecule has 1 aliphatic rings. The number of aromatic nitrogens is 1. The maximum absolute atomic E-state index is 13.1. The highest BCUT2D eigenvalue weighted by Crippen LogP contribution is 2.19. The van der Waals surface area contributed by atoms with E-state index in [2.05, 4.69) is 22.4 Å². The summed E-state index contributed by atoms with van der Waals surface area (Å²) in [6.07, 6.45) is 1.94. The first kappa shape index (κ1) is 19.8. The first-order chi connectivity index (χ1) is 13.1. The molecule has 6 nitrogen and oxygen atoms in total. The van der Waals surface area contributed by atoms with E-state index in [4.69, 9.17) is 9.57 Å². The van der Waals surface area contributed by atoms with Gasteiger partial charge in [-0.2, -0.15) is 4.39 Å². The number of oxime groups is 1. The number of nitrogens with zero attached hydrogens (tertiary/aromatic N) is 2. The summed E-state index contributed by atoms with van der Waals surface area (Å²) in [4.78, 5) is 23.0. The highest BCUT2D eigenvalue weighted by atomic mass is 32.2. The Morgan fingerprint density at radius 3 is 2.93 bits per heavy atom. The molecule has 0 aliphatic carbocycles. The molecule has 0 unspecified atom stereocenters. The van der Waals surface area contributed by atoms with Crippen molar-refractivity contribution in [2.24, 2.45) is 5.16 Å². The Labute approximate surface area is 165 Å². The summed E-state index contributed by atoms with van der Waals surface area (Å²) in [5.41, 5.74) is 1.13. The van der Waals surface area contributed by atoms with Crippen LogP contribution in [0.15, 0.2) is 40.5 Å². The zero-order valence-corrected chi connectivity index (χ0v) is 16.4. The molecule has 1 fully saturated rings. The molecule has 1 aliphatic heterocycles. The zero-order chi connectivity index (χ0) is 19.1. The predicted octanol–water partition coefficient (Wildman–Crippen LogP) is 3.74. The summed E-state index contributed by atoms with van der Waals surface area (Å²) in [6, 6.07) is 7.95. The summed E-state index contributed by atoms with van der Waals surface area (Å²) in [5.74, 6) is 0.533. The first-order valence-corrected chi connectivity index (χ1v) is 10.4. The molecule has 0 bridgehead atoms. The monoisotopic (exact) mass is 409 g/mol. The number of anilines is 1. The predicted molar refractivity (Wildman–Crippen MR) is 105 cm³/mol. The van der Waals surface area contributed by atoms with Crippen LogP contribution in [-0.4, -0.2) is 41.7 Å². The number of carbonyl (C=O) groups is 1. The molecule has 1 atom stereocenters. The van der Waals surface area contributed by atoms with Crippen molar-refractivity contribution in [3.8, 4) is 0 Å². The van der Waals surface area contributed by atoms with Crippen molar-refractivity contribution in [2.45, 2.75) is 30.8 Å². The van der Waals surface area contributed by atoms with E-state index in [1.165, 1.54) is 4.90 Å². The van der Waals surface area contributed by atoms with Crippen LogP contribution in [0.5, 0.6) is 0 Å². The van der Waals surface area contributed by atoms with Gasteiger partial charge < -0.3 is 9.57 Å². The van der Waals surface area contributed by atoms with E-state index in [1.807, 2.05) is 24.3 Å². The molecule has 1 saturated heterocycles. The Morgan fingerprint density at radius 1 is 1.48 bits per heavy atom. The van der Waals surface area contributed by atoms with Gasteiger partial charge in [0.2, 0.25) is 0 Å². The number of nitrogens with one attached hydrogen (secondary N) is 1. The Bertz CT molecular complexity index is 789. The molecule has 2 aromatic rings. The van der Waals surface area contributed by atoms with Gasteiger partial charge in [0.05, 0.1) is 19.4 Å². The van der Waals surface area contributed by atoms with Crippen LogP contribution < -0.4 is 5.32 Å². The molecule has 1 aromatic heterocycles. The molecule has 3 rings (SSSR count). The van der Waals surface area contributed by atoms with Crippen LogP contribution in [0.4, 0.5) is 9.52 Å². The smallest absolute Gasteiger partial charge is 0.275 e. The molecule has 0 spiro atoms. The molecular weight excluding hydrogens is 389 g/mol. The number of carbonyl (C=O) groups excluding carboxylic acids is 1. The largest absolute Gasteiger partial charge is 0.390 e. The summed E-state index contributed by atoms with van der Waals surface area (Å²) in [5, 5.41) is 6.36. The highest BCUT2D eigenvalue weighted by molar-refractivity contribution is 7.99. The van der Waals surface area contributed by atoms with E-state index in [-0.39, 0.29) is 16.9 Å². The van der Waals surface area contributed by atoms with Crippen molar-refractivity contribution >= 4 is 39.8 Å². The number of hydrogen-bond donors (Lipinski definition) is 1. The van der Waals surface area contributed by atoms with Gasteiger partial charge in [-0.3, -0.25) is 10.1 Å². The van der Waals surface area contributed by atoms with Gasteiger partial charge in [-0.1, -0.05) is 35.5 Å². The number of thiazole rings is 1. The number of hydrogen-bond acceptors (Lipinski definition) is 7. The average molecular weight is 410 g/mol. The van der Waals surface area contributed by atoms with Crippen LogP contribution in [0.1, 0.15) is 18.9 Å². The SMILES string of the molecule is CCSc1ccc(C/C(=N\O[C@@H]2CCOC2)C(=O)Nc2ncc(F)s2)cc1. The van der Waals surface area contributed by atoms with E-state index in [1.54, 1.807) is 11.8 Å². The van der Waals surface area contributed by atoms with Crippen molar-refractivity contribution in [3.63, 3.8) is 0 Å². The molecule has 0 saturated carbocycles. The molecule has 1 amide bonds. The Morgan fingerprint density at radius 2 is 2.30 bits per heavy atom. The average Bonchev–Trinajstić information content (AvgIpc) is 3.32. The van der Waals surface area contributed by atoms with Gasteiger partial charge in [0.25, 0.3) is 5.91 Å². The minimum Gasteiger partial charge on any atom is -0.390 e. The molecular formula is C18H20FN3O3S2. The fraction of sp³-hybridized carbons (Fsp3) is 0.389. The lowest BCUT2D eigenvalue weighted by Crippen LogP contribution is -2.26. The van der Waals surface area contributed by atoms with E-state index in [0.717, 1.165) is 35.3 Å². The number of rotatable bonds is 8. The summed E-state index contributed by atoms with van der Waals surface area (Å²) < 4.78 is 18.4. The standard InChI is InChI=1S/C18H20FN3O3S2/c1-2-26-14-5-3-12(4-6-14)9-15(22-25-13-7-8-24-11-13)17(23)21-18-20-10-16(19)27-18/h3-6,10,13H,2,7-9,11H2,1H3,(H,20,21,23)/b22-15+/t13-/m1/s1. The minimum atomic E-state index is -0.466. The number of amides is 1. The number of thioether (sulfide) groups is 1. The van der Waals surface area contributed by atoms with Crippen LogP contribution in [0, 0.1) is 5.13 Å². The molecule has 2 heterocycles. The van der Waals surface area contributed by atoms with Crippen molar-refractivity contribution in [1.29, 1.82) is 0 Å². The zero-order valence-electron chi connectivity index (χ0n) is 14.8. The fourth-order valence-electron chi connectivity index (χ4n) is 2.43. The maximum Gasteiger partial charge on any atom is 0.275 e. The van der Waals surface area contributed by atoms with Crippen LogP contribution in [-0.2, 0) is 20.8 Å². The van der Waals surface area contributed by atoms with Crippen LogP contribution in [0.3, 0.4) is 0 Å². The van der Waals surface area contributed by atoms with Crippen molar-refractivity contribution < 1.29 is 18.8 Å². The normalized spacial score (nSPS) is 17.1. The number of benzene rings is 1. The lowest BCUT2D eigenvalue weighted by Gasteiger charge is -2.10. The third kappa shape index (κ3) is 6.02. The molecule has 27 heavy (non-hydrogen) atoms. The van der Waals surface area contributed by atoms with E-state index in [0.29, 0.717) is 19.6 Å². The third-order valence-corrected chi connectivity index (χ3v) is 5.36. The van der Waals surface area contributed by atoms with E-state index >= 15 is 0 Å². The van der Waals surface area contributed by atoms with Gasteiger partial charge in [0.1, 0.15) is 5.71 Å². The first-order valence-electron chi connectivity index (χ1n) is 8.59. The Hall–Kier alpha value is -1.97. The third-order valence-electron chi connectivity index (χ3n) is 3.77. The van der Waals surface area contributed by atoms with Gasteiger partial charge in [-0.05, 0) is 23.4 Å². The quantitative estimate of drug-likeness (QED) is 0.409. The van der Waals surface area contributed by atoms with Crippen molar-refractivity contribution in [2.75, 3.05) is 24.3 Å². The Kier molecular flexibility index (Phi) is 7.19. The summed E-state index contributed by atoms with van der Waals surface area (Å²) in [7, 11) is 0. The van der Waals surface area contributed by atoms with Crippen LogP contribution in [0.25, 0.3) is 0 Å². The summed E-state index contributed by atoms with van der Waals surface area (Å²) >= 11 is 2.51. The van der Waals surface area contributed by atoms with Crippen LogP contribution in [0.2, 0.25) is 0 Å². The van der Waals surface area contributed by atoms with Gasteiger partial charge in [0.15, 0.2) is 16.4 Å². The number of halogens is 1. The second-order valence-electron chi connectivity index (χ2n) is 5.81. The van der Waals surface area contributed by atoms with Gasteiger partial charge in [-0.25, -0.2) is 4.98 Å². The van der Waals surface area contributed by atoms with Gasteiger partial charge in [-0.15, -0.1) is 11.8 Å².